The van der Waals surface area contributed by atoms with E-state index in [1.54, 1.807) is 12.1 Å². The Balaban J connectivity index is 2.01. The molecule has 1 N–H and O–H groups in total. The summed E-state index contributed by atoms with van der Waals surface area (Å²) >= 11 is 0. The van der Waals surface area contributed by atoms with Crippen LogP contribution in [0.4, 0.5) is 11.5 Å². The van der Waals surface area contributed by atoms with Crippen LogP contribution in [-0.2, 0) is 6.42 Å². The molecule has 0 amide bonds. The predicted molar refractivity (Wildman–Crippen MR) is 74.5 cm³/mol. The van der Waals surface area contributed by atoms with E-state index < -0.39 is 6.10 Å². The Hall–Kier alpha value is -2.45. The van der Waals surface area contributed by atoms with Crippen molar-refractivity contribution in [3.8, 4) is 6.07 Å². The highest BCUT2D eigenvalue weighted by atomic mass is 16.3. The lowest BCUT2D eigenvalue weighted by Crippen LogP contribution is -2.15. The molecule has 0 spiro atoms. The Bertz CT molecular complexity index is 675. The molecule has 0 radical (unpaired) electrons. The number of hydrogen-bond acceptors (Lipinski definition) is 5. The second-order valence-corrected chi connectivity index (χ2v) is 4.83. The van der Waals surface area contributed by atoms with Gasteiger partial charge in [-0.1, -0.05) is 0 Å². The number of hydrogen-bond donors (Lipinski definition) is 1. The standard InChI is InChI=1S/C15H14N4O/c1-19(11-4-2-10(8-16)3-5-11)15-14-12(17-9-18-15)6-7-13(14)20/h2-5,9,13,20H,6-7H2,1H3. The van der Waals surface area contributed by atoms with Gasteiger partial charge in [0.05, 0.1) is 23.4 Å². The fraction of sp³-hybridized carbons (Fsp3) is 0.267. The Kier molecular flexibility index (Phi) is 3.09. The average molecular weight is 266 g/mol. The van der Waals surface area contributed by atoms with Crippen molar-refractivity contribution in [1.29, 1.82) is 5.26 Å². The molecular weight excluding hydrogens is 252 g/mol. The maximum atomic E-state index is 10.1. The lowest BCUT2D eigenvalue weighted by atomic mass is 10.1. The van der Waals surface area contributed by atoms with Crippen LogP contribution >= 0.6 is 0 Å². The topological polar surface area (TPSA) is 73.0 Å². The Morgan fingerprint density at radius 2 is 2.05 bits per heavy atom. The minimum absolute atomic E-state index is 0.498. The molecule has 1 aliphatic rings. The fourth-order valence-corrected chi connectivity index (χ4v) is 2.53. The second-order valence-electron chi connectivity index (χ2n) is 4.83. The third-order valence-electron chi connectivity index (χ3n) is 3.63. The molecule has 0 fully saturated rings. The van der Waals surface area contributed by atoms with E-state index >= 15 is 0 Å². The van der Waals surface area contributed by atoms with E-state index in [0.29, 0.717) is 12.0 Å². The van der Waals surface area contributed by atoms with Crippen LogP contribution in [-0.4, -0.2) is 22.1 Å². The van der Waals surface area contributed by atoms with Gasteiger partial charge in [-0.2, -0.15) is 5.26 Å². The van der Waals surface area contributed by atoms with Crippen molar-refractivity contribution in [2.45, 2.75) is 18.9 Å². The van der Waals surface area contributed by atoms with Gasteiger partial charge >= 0.3 is 0 Å². The van der Waals surface area contributed by atoms with Gasteiger partial charge in [-0.3, -0.25) is 0 Å². The largest absolute Gasteiger partial charge is 0.388 e. The van der Waals surface area contributed by atoms with Crippen molar-refractivity contribution < 1.29 is 5.11 Å². The molecule has 100 valence electrons. The van der Waals surface area contributed by atoms with Crippen molar-refractivity contribution >= 4 is 11.5 Å². The summed E-state index contributed by atoms with van der Waals surface area (Å²) in [4.78, 5) is 10.5. The van der Waals surface area contributed by atoms with E-state index in [2.05, 4.69) is 16.0 Å². The number of benzene rings is 1. The van der Waals surface area contributed by atoms with Crippen LogP contribution in [0.25, 0.3) is 0 Å². The summed E-state index contributed by atoms with van der Waals surface area (Å²) in [5.74, 6) is 0.727. The molecule has 20 heavy (non-hydrogen) atoms. The zero-order valence-electron chi connectivity index (χ0n) is 11.1. The maximum absolute atomic E-state index is 10.1. The summed E-state index contributed by atoms with van der Waals surface area (Å²) in [7, 11) is 1.90. The van der Waals surface area contributed by atoms with Crippen LogP contribution in [0.1, 0.15) is 29.3 Å². The predicted octanol–water partition coefficient (Wildman–Crippen LogP) is 2.10. The van der Waals surface area contributed by atoms with Crippen molar-refractivity contribution in [2.75, 3.05) is 11.9 Å². The number of nitrogens with zero attached hydrogens (tertiary/aromatic N) is 4. The number of aromatic nitrogens is 2. The molecule has 3 rings (SSSR count). The lowest BCUT2D eigenvalue weighted by Gasteiger charge is -2.21. The van der Waals surface area contributed by atoms with Gasteiger partial charge in [-0.25, -0.2) is 9.97 Å². The molecule has 1 aromatic carbocycles. The van der Waals surface area contributed by atoms with E-state index in [-0.39, 0.29) is 0 Å². The highest BCUT2D eigenvalue weighted by molar-refractivity contribution is 5.64. The number of anilines is 2. The molecule has 0 saturated carbocycles. The fourth-order valence-electron chi connectivity index (χ4n) is 2.53. The first kappa shape index (κ1) is 12.6. The highest BCUT2D eigenvalue weighted by Gasteiger charge is 2.27. The summed E-state index contributed by atoms with van der Waals surface area (Å²) < 4.78 is 0. The molecule has 1 unspecified atom stereocenters. The molecule has 0 bridgehead atoms. The van der Waals surface area contributed by atoms with Crippen LogP contribution in [0.5, 0.6) is 0 Å². The van der Waals surface area contributed by atoms with E-state index in [9.17, 15) is 5.11 Å². The zero-order valence-corrected chi connectivity index (χ0v) is 11.1. The monoisotopic (exact) mass is 266 g/mol. The highest BCUT2D eigenvalue weighted by Crippen LogP contribution is 2.37. The van der Waals surface area contributed by atoms with Crippen LogP contribution in [0.3, 0.4) is 0 Å². The average Bonchev–Trinajstić information content (AvgIpc) is 2.88. The summed E-state index contributed by atoms with van der Waals surface area (Å²) in [6, 6.07) is 9.37. The normalized spacial score (nSPS) is 16.6. The van der Waals surface area contributed by atoms with E-state index in [1.807, 2.05) is 24.1 Å². The minimum Gasteiger partial charge on any atom is -0.388 e. The van der Waals surface area contributed by atoms with Gasteiger partial charge in [0.2, 0.25) is 0 Å². The van der Waals surface area contributed by atoms with Crippen molar-refractivity contribution in [3.63, 3.8) is 0 Å². The van der Waals surface area contributed by atoms with Gasteiger partial charge in [0.1, 0.15) is 12.1 Å². The van der Waals surface area contributed by atoms with Crippen LogP contribution in [0.15, 0.2) is 30.6 Å². The number of rotatable bonds is 2. The van der Waals surface area contributed by atoms with Gasteiger partial charge in [0.25, 0.3) is 0 Å². The first-order valence-electron chi connectivity index (χ1n) is 6.46. The van der Waals surface area contributed by atoms with Crippen LogP contribution in [0.2, 0.25) is 0 Å². The van der Waals surface area contributed by atoms with Crippen molar-refractivity contribution in [3.05, 3.63) is 47.4 Å². The first-order valence-corrected chi connectivity index (χ1v) is 6.46. The Morgan fingerprint density at radius 3 is 2.75 bits per heavy atom. The van der Waals surface area contributed by atoms with Crippen LogP contribution < -0.4 is 4.90 Å². The number of aliphatic hydroxyl groups is 1. The molecule has 1 heterocycles. The molecule has 0 aliphatic heterocycles. The third-order valence-corrected chi connectivity index (χ3v) is 3.63. The SMILES string of the molecule is CN(c1ccc(C#N)cc1)c1ncnc2c1C(O)CC2. The van der Waals surface area contributed by atoms with Gasteiger partial charge in [-0.15, -0.1) is 0 Å². The molecule has 1 aromatic heterocycles. The Labute approximate surface area is 117 Å². The van der Waals surface area contributed by atoms with Crippen molar-refractivity contribution in [2.24, 2.45) is 0 Å². The zero-order chi connectivity index (χ0) is 14.1. The summed E-state index contributed by atoms with van der Waals surface area (Å²) in [5.41, 5.74) is 3.28. The van der Waals surface area contributed by atoms with Gasteiger partial charge in [0, 0.05) is 18.3 Å². The molecular formula is C15H14N4O. The van der Waals surface area contributed by atoms with E-state index in [0.717, 1.165) is 29.2 Å². The van der Waals surface area contributed by atoms with Gasteiger partial charge < -0.3 is 10.0 Å². The number of nitriles is 1. The van der Waals surface area contributed by atoms with Gasteiger partial charge in [-0.05, 0) is 37.1 Å². The molecule has 5 nitrogen and oxygen atoms in total. The lowest BCUT2D eigenvalue weighted by molar-refractivity contribution is 0.180. The second kappa shape index (κ2) is 4.91. The molecule has 2 aromatic rings. The summed E-state index contributed by atoms with van der Waals surface area (Å²) in [6.45, 7) is 0. The third kappa shape index (κ3) is 2.00. The molecule has 0 saturated heterocycles. The molecule has 5 heteroatoms. The Morgan fingerprint density at radius 1 is 1.30 bits per heavy atom. The van der Waals surface area contributed by atoms with E-state index in [1.165, 1.54) is 6.33 Å². The number of aliphatic hydroxyl groups excluding tert-OH is 1. The summed E-state index contributed by atoms with van der Waals surface area (Å²) in [6.07, 6.45) is 2.52. The smallest absolute Gasteiger partial charge is 0.142 e. The first-order chi connectivity index (χ1) is 9.70. The molecule has 1 atom stereocenters. The number of fused-ring (bicyclic) bond motifs is 1. The van der Waals surface area contributed by atoms with Crippen molar-refractivity contribution in [1.82, 2.24) is 9.97 Å². The maximum Gasteiger partial charge on any atom is 0.142 e. The number of aryl methyl sites for hydroxylation is 1. The minimum atomic E-state index is -0.498. The summed E-state index contributed by atoms with van der Waals surface area (Å²) in [5, 5.41) is 18.9. The van der Waals surface area contributed by atoms with E-state index in [4.69, 9.17) is 5.26 Å². The van der Waals surface area contributed by atoms with Gasteiger partial charge in [0.15, 0.2) is 0 Å². The molecule has 1 aliphatic carbocycles. The van der Waals surface area contributed by atoms with Crippen LogP contribution in [0, 0.1) is 11.3 Å². The quantitative estimate of drug-likeness (QED) is 0.901.